The smallest absolute Gasteiger partial charge is 0.244 e. The molecular weight excluding hydrogens is 355 g/mol. The number of nitrogens with two attached hydrogens (primary N) is 1. The third kappa shape index (κ3) is 3.56. The van der Waals surface area contributed by atoms with Crippen LogP contribution in [0.5, 0.6) is 0 Å². The molecule has 6 heteroatoms. The van der Waals surface area contributed by atoms with Crippen LogP contribution in [-0.4, -0.2) is 49.6 Å². The zero-order chi connectivity index (χ0) is 19.7. The number of rotatable bonds is 3. The zero-order valence-electron chi connectivity index (χ0n) is 16.3. The summed E-state index contributed by atoms with van der Waals surface area (Å²) >= 11 is 0. The SMILES string of the molecule is CC(C(=O)N1CCCc2c(N)cccc21)N1CCN(c2ccc(F)cc2)CC1. The summed E-state index contributed by atoms with van der Waals surface area (Å²) in [6, 6.07) is 12.3. The van der Waals surface area contributed by atoms with Crippen LogP contribution in [0.1, 0.15) is 18.9 Å². The number of carbonyl (C=O) groups excluding carboxylic acids is 1. The maximum Gasteiger partial charge on any atom is 0.244 e. The molecule has 0 spiro atoms. The van der Waals surface area contributed by atoms with Gasteiger partial charge in [0.2, 0.25) is 5.91 Å². The Labute approximate surface area is 165 Å². The van der Waals surface area contributed by atoms with Crippen LogP contribution in [0.3, 0.4) is 0 Å². The summed E-state index contributed by atoms with van der Waals surface area (Å²) in [5, 5.41) is 0. The van der Waals surface area contributed by atoms with Crippen LogP contribution >= 0.6 is 0 Å². The van der Waals surface area contributed by atoms with Gasteiger partial charge in [-0.1, -0.05) is 6.07 Å². The number of carbonyl (C=O) groups is 1. The van der Waals surface area contributed by atoms with Gasteiger partial charge < -0.3 is 15.5 Å². The van der Waals surface area contributed by atoms with E-state index >= 15 is 0 Å². The van der Waals surface area contributed by atoms with Gasteiger partial charge in [0.25, 0.3) is 0 Å². The fourth-order valence-electron chi connectivity index (χ4n) is 4.28. The summed E-state index contributed by atoms with van der Waals surface area (Å²) in [6.45, 7) is 6.01. The first-order chi connectivity index (χ1) is 13.5. The second kappa shape index (κ2) is 7.80. The average molecular weight is 382 g/mol. The Morgan fingerprint density at radius 3 is 2.46 bits per heavy atom. The third-order valence-electron chi connectivity index (χ3n) is 5.96. The maximum absolute atomic E-state index is 13.2. The van der Waals surface area contributed by atoms with Crippen molar-refractivity contribution in [3.05, 3.63) is 53.8 Å². The molecule has 1 amide bonds. The minimum atomic E-state index is -0.218. The molecule has 2 aromatic rings. The predicted molar refractivity (Wildman–Crippen MR) is 111 cm³/mol. The second-order valence-electron chi connectivity index (χ2n) is 7.61. The molecule has 1 saturated heterocycles. The molecule has 0 aromatic heterocycles. The highest BCUT2D eigenvalue weighted by molar-refractivity contribution is 5.98. The van der Waals surface area contributed by atoms with Crippen molar-refractivity contribution in [3.63, 3.8) is 0 Å². The lowest BCUT2D eigenvalue weighted by atomic mass is 9.99. The normalized spacial score (nSPS) is 18.6. The molecule has 28 heavy (non-hydrogen) atoms. The largest absolute Gasteiger partial charge is 0.398 e. The van der Waals surface area contributed by atoms with Gasteiger partial charge in [0.1, 0.15) is 5.82 Å². The van der Waals surface area contributed by atoms with Crippen LogP contribution in [0.4, 0.5) is 21.5 Å². The lowest BCUT2D eigenvalue weighted by molar-refractivity contribution is -0.123. The third-order valence-corrected chi connectivity index (χ3v) is 5.96. The van der Waals surface area contributed by atoms with Crippen LogP contribution < -0.4 is 15.5 Å². The Balaban J connectivity index is 1.42. The molecule has 0 aliphatic carbocycles. The number of halogens is 1. The lowest BCUT2D eigenvalue weighted by Gasteiger charge is -2.40. The van der Waals surface area contributed by atoms with E-state index in [1.807, 2.05) is 42.2 Å². The Hall–Kier alpha value is -2.60. The van der Waals surface area contributed by atoms with Gasteiger partial charge in [-0.25, -0.2) is 4.39 Å². The van der Waals surface area contributed by atoms with Crippen molar-refractivity contribution in [1.29, 1.82) is 0 Å². The summed E-state index contributed by atoms with van der Waals surface area (Å²) in [6.07, 6.45) is 1.87. The number of benzene rings is 2. The molecular formula is C22H27FN4O. The van der Waals surface area contributed by atoms with Crippen LogP contribution in [0.2, 0.25) is 0 Å². The highest BCUT2D eigenvalue weighted by Crippen LogP contribution is 2.32. The van der Waals surface area contributed by atoms with Gasteiger partial charge >= 0.3 is 0 Å². The summed E-state index contributed by atoms with van der Waals surface area (Å²) in [5.41, 5.74) is 9.99. The van der Waals surface area contributed by atoms with E-state index in [0.717, 1.165) is 68.2 Å². The molecule has 2 heterocycles. The Morgan fingerprint density at radius 2 is 1.75 bits per heavy atom. The zero-order valence-corrected chi connectivity index (χ0v) is 16.3. The van der Waals surface area contributed by atoms with Crippen LogP contribution in [0, 0.1) is 5.82 Å². The van der Waals surface area contributed by atoms with Crippen molar-refractivity contribution < 1.29 is 9.18 Å². The predicted octanol–water partition coefficient (Wildman–Crippen LogP) is 2.90. The Kier molecular flexibility index (Phi) is 5.22. The van der Waals surface area contributed by atoms with Gasteiger partial charge in [-0.2, -0.15) is 0 Å². The highest BCUT2D eigenvalue weighted by atomic mass is 19.1. The van der Waals surface area contributed by atoms with E-state index in [-0.39, 0.29) is 17.8 Å². The highest BCUT2D eigenvalue weighted by Gasteiger charge is 2.31. The number of fused-ring (bicyclic) bond motifs is 1. The van der Waals surface area contributed by atoms with Crippen molar-refractivity contribution in [3.8, 4) is 0 Å². The van der Waals surface area contributed by atoms with Gasteiger partial charge in [-0.3, -0.25) is 9.69 Å². The molecule has 2 aliphatic heterocycles. The van der Waals surface area contributed by atoms with Gasteiger partial charge in [-0.05, 0) is 61.7 Å². The molecule has 2 aromatic carbocycles. The van der Waals surface area contributed by atoms with E-state index in [9.17, 15) is 9.18 Å². The molecule has 148 valence electrons. The van der Waals surface area contributed by atoms with E-state index < -0.39 is 0 Å². The van der Waals surface area contributed by atoms with E-state index in [1.54, 1.807) is 0 Å². The van der Waals surface area contributed by atoms with E-state index in [2.05, 4.69) is 9.80 Å². The minimum Gasteiger partial charge on any atom is -0.398 e. The number of piperazine rings is 1. The second-order valence-corrected chi connectivity index (χ2v) is 7.61. The topological polar surface area (TPSA) is 52.8 Å². The van der Waals surface area contributed by atoms with Crippen molar-refractivity contribution in [2.75, 3.05) is 48.3 Å². The van der Waals surface area contributed by atoms with E-state index in [1.165, 1.54) is 12.1 Å². The molecule has 5 nitrogen and oxygen atoms in total. The van der Waals surface area contributed by atoms with E-state index in [0.29, 0.717) is 0 Å². The molecule has 0 radical (unpaired) electrons. The fraction of sp³-hybridized carbons (Fsp3) is 0.409. The minimum absolute atomic E-state index is 0.141. The maximum atomic E-state index is 13.2. The summed E-state index contributed by atoms with van der Waals surface area (Å²) in [4.78, 5) is 19.6. The number of nitrogens with zero attached hydrogens (tertiary/aromatic N) is 3. The number of hydrogen-bond acceptors (Lipinski definition) is 4. The van der Waals surface area contributed by atoms with Gasteiger partial charge in [0, 0.05) is 49.8 Å². The van der Waals surface area contributed by atoms with Gasteiger partial charge in [-0.15, -0.1) is 0 Å². The molecule has 4 rings (SSSR count). The first-order valence-electron chi connectivity index (χ1n) is 9.98. The van der Waals surface area contributed by atoms with Crippen molar-refractivity contribution >= 4 is 23.0 Å². The monoisotopic (exact) mass is 382 g/mol. The summed E-state index contributed by atoms with van der Waals surface area (Å²) in [7, 11) is 0. The molecule has 1 atom stereocenters. The first-order valence-corrected chi connectivity index (χ1v) is 9.98. The molecule has 1 fully saturated rings. The number of hydrogen-bond donors (Lipinski definition) is 1. The molecule has 1 unspecified atom stereocenters. The van der Waals surface area contributed by atoms with Crippen LogP contribution in [0.15, 0.2) is 42.5 Å². The Bertz CT molecular complexity index is 846. The fourth-order valence-corrected chi connectivity index (χ4v) is 4.28. The Morgan fingerprint density at radius 1 is 1.04 bits per heavy atom. The molecule has 2 N–H and O–H groups in total. The van der Waals surface area contributed by atoms with Crippen LogP contribution in [-0.2, 0) is 11.2 Å². The van der Waals surface area contributed by atoms with Crippen molar-refractivity contribution in [2.24, 2.45) is 0 Å². The average Bonchev–Trinajstić information content (AvgIpc) is 2.73. The van der Waals surface area contributed by atoms with Crippen molar-refractivity contribution in [2.45, 2.75) is 25.8 Å². The standard InChI is InChI=1S/C22H27FN4O/c1-16(22(28)27-11-3-4-19-20(24)5-2-6-21(19)27)25-12-14-26(15-13-25)18-9-7-17(23)8-10-18/h2,5-10,16H,3-4,11-15,24H2,1H3. The summed E-state index contributed by atoms with van der Waals surface area (Å²) < 4.78 is 13.1. The van der Waals surface area contributed by atoms with Crippen molar-refractivity contribution in [1.82, 2.24) is 4.90 Å². The van der Waals surface area contributed by atoms with Crippen LogP contribution in [0.25, 0.3) is 0 Å². The molecule has 0 bridgehead atoms. The first kappa shape index (κ1) is 18.7. The quantitative estimate of drug-likeness (QED) is 0.830. The number of amides is 1. The molecule has 0 saturated carbocycles. The van der Waals surface area contributed by atoms with E-state index in [4.69, 9.17) is 5.73 Å². The van der Waals surface area contributed by atoms with Gasteiger partial charge in [0.05, 0.1) is 6.04 Å². The number of nitrogen functional groups attached to an aromatic ring is 1. The van der Waals surface area contributed by atoms with Gasteiger partial charge in [0.15, 0.2) is 0 Å². The lowest BCUT2D eigenvalue weighted by Crippen LogP contribution is -2.55. The summed E-state index contributed by atoms with van der Waals surface area (Å²) in [5.74, 6) is -0.0779. The molecule has 2 aliphatic rings. The number of anilines is 3.